The predicted molar refractivity (Wildman–Crippen MR) is 80.4 cm³/mol. The average molecular weight is 265 g/mol. The van der Waals surface area contributed by atoms with Crippen LogP contribution in [0.3, 0.4) is 0 Å². The quantitative estimate of drug-likeness (QED) is 0.792. The highest BCUT2D eigenvalue weighted by atomic mass is 15.3. The normalized spacial score (nSPS) is 32.8. The van der Waals surface area contributed by atoms with E-state index in [0.717, 1.165) is 24.0 Å². The van der Waals surface area contributed by atoms with Gasteiger partial charge in [-0.2, -0.15) is 0 Å². The maximum Gasteiger partial charge on any atom is 0.0236 e. The molecular weight excluding hydrogens is 234 g/mol. The minimum absolute atomic E-state index is 0.720. The zero-order valence-electron chi connectivity index (χ0n) is 12.8. The average Bonchev–Trinajstić information content (AvgIpc) is 2.89. The molecule has 2 saturated heterocycles. The lowest BCUT2D eigenvalue weighted by Gasteiger charge is -2.32. The van der Waals surface area contributed by atoms with Crippen molar-refractivity contribution >= 4 is 0 Å². The molecule has 3 aliphatic rings. The highest BCUT2D eigenvalue weighted by Gasteiger charge is 2.34. The molecule has 2 atom stereocenters. The Hall–Kier alpha value is -0.120. The first-order chi connectivity index (χ1) is 9.22. The van der Waals surface area contributed by atoms with Crippen LogP contribution in [-0.2, 0) is 0 Å². The second-order valence-electron chi connectivity index (χ2n) is 7.22. The van der Waals surface area contributed by atoms with Crippen LogP contribution in [0.5, 0.6) is 0 Å². The van der Waals surface area contributed by atoms with Crippen molar-refractivity contribution in [2.24, 2.45) is 5.92 Å². The molecule has 3 fully saturated rings. The lowest BCUT2D eigenvalue weighted by molar-refractivity contribution is 0.163. The Bertz CT molecular complexity index is 282. The van der Waals surface area contributed by atoms with Gasteiger partial charge in [0.05, 0.1) is 0 Å². The van der Waals surface area contributed by atoms with Gasteiger partial charge in [-0.1, -0.05) is 0 Å². The summed E-state index contributed by atoms with van der Waals surface area (Å²) >= 11 is 0. The maximum atomic E-state index is 3.68. The third-order valence-electron chi connectivity index (χ3n) is 5.25. The minimum atomic E-state index is 0.720. The first kappa shape index (κ1) is 13.8. The summed E-state index contributed by atoms with van der Waals surface area (Å²) in [7, 11) is 0. The number of hydrogen-bond acceptors (Lipinski definition) is 3. The largest absolute Gasteiger partial charge is 0.313 e. The first-order valence-electron chi connectivity index (χ1n) is 8.44. The van der Waals surface area contributed by atoms with E-state index in [1.807, 2.05) is 0 Å². The predicted octanol–water partition coefficient (Wildman–Crippen LogP) is 1.93. The maximum absolute atomic E-state index is 3.68. The van der Waals surface area contributed by atoms with Gasteiger partial charge in [0.2, 0.25) is 0 Å². The summed E-state index contributed by atoms with van der Waals surface area (Å²) in [6, 6.07) is 2.31. The number of rotatable bonds is 6. The van der Waals surface area contributed by atoms with Gasteiger partial charge < -0.3 is 5.32 Å². The topological polar surface area (TPSA) is 18.5 Å². The van der Waals surface area contributed by atoms with Crippen LogP contribution < -0.4 is 5.32 Å². The van der Waals surface area contributed by atoms with E-state index in [1.54, 1.807) is 0 Å². The lowest BCUT2D eigenvalue weighted by Crippen LogP contribution is -2.46. The summed E-state index contributed by atoms with van der Waals surface area (Å²) in [4.78, 5) is 5.50. The summed E-state index contributed by atoms with van der Waals surface area (Å²) in [5.41, 5.74) is 0. The van der Waals surface area contributed by atoms with Crippen molar-refractivity contribution < 1.29 is 0 Å². The van der Waals surface area contributed by atoms with E-state index in [2.05, 4.69) is 29.0 Å². The second kappa shape index (κ2) is 6.11. The van der Waals surface area contributed by atoms with Crippen LogP contribution in [-0.4, -0.2) is 60.6 Å². The van der Waals surface area contributed by atoms with E-state index in [-0.39, 0.29) is 0 Å². The van der Waals surface area contributed by atoms with E-state index in [0.29, 0.717) is 0 Å². The fourth-order valence-corrected chi connectivity index (χ4v) is 3.74. The highest BCUT2D eigenvalue weighted by molar-refractivity contribution is 4.90. The molecule has 2 aliphatic heterocycles. The second-order valence-corrected chi connectivity index (χ2v) is 7.22. The molecule has 2 heterocycles. The van der Waals surface area contributed by atoms with Gasteiger partial charge in [-0.3, -0.25) is 9.80 Å². The van der Waals surface area contributed by atoms with Crippen molar-refractivity contribution in [3.8, 4) is 0 Å². The standard InChI is InChI=1S/C16H31N3/c1-13(2)18-9-7-16(12-18)19(10-14-5-6-14)11-15-4-3-8-17-15/h13-17H,3-12H2,1-2H3. The van der Waals surface area contributed by atoms with Crippen LogP contribution >= 0.6 is 0 Å². The minimum Gasteiger partial charge on any atom is -0.313 e. The molecule has 0 spiro atoms. The van der Waals surface area contributed by atoms with Crippen LogP contribution in [0.4, 0.5) is 0 Å². The number of nitrogens with zero attached hydrogens (tertiary/aromatic N) is 2. The Morgan fingerprint density at radius 2 is 2.00 bits per heavy atom. The summed E-state index contributed by atoms with van der Waals surface area (Å²) in [6.07, 6.45) is 7.12. The molecule has 1 aliphatic carbocycles. The van der Waals surface area contributed by atoms with Crippen molar-refractivity contribution in [2.75, 3.05) is 32.7 Å². The molecule has 110 valence electrons. The molecule has 0 aromatic rings. The SMILES string of the molecule is CC(C)N1CCC(N(CC2CC2)CC2CCCN2)C1. The molecule has 0 aromatic heterocycles. The van der Waals surface area contributed by atoms with Gasteiger partial charge in [-0.25, -0.2) is 0 Å². The monoisotopic (exact) mass is 265 g/mol. The molecule has 0 aromatic carbocycles. The summed E-state index contributed by atoms with van der Waals surface area (Å²) < 4.78 is 0. The Kier molecular flexibility index (Phi) is 4.45. The molecule has 3 rings (SSSR count). The number of likely N-dealkylation sites (tertiary alicyclic amines) is 1. The van der Waals surface area contributed by atoms with Crippen LogP contribution in [0.25, 0.3) is 0 Å². The van der Waals surface area contributed by atoms with Gasteiger partial charge in [-0.05, 0) is 58.4 Å². The van der Waals surface area contributed by atoms with Crippen LogP contribution in [0.2, 0.25) is 0 Å². The Morgan fingerprint density at radius 3 is 2.58 bits per heavy atom. The van der Waals surface area contributed by atoms with Crippen molar-refractivity contribution in [1.29, 1.82) is 0 Å². The van der Waals surface area contributed by atoms with Gasteiger partial charge in [-0.15, -0.1) is 0 Å². The van der Waals surface area contributed by atoms with Gasteiger partial charge in [0, 0.05) is 44.3 Å². The van der Waals surface area contributed by atoms with Gasteiger partial charge in [0.15, 0.2) is 0 Å². The molecule has 19 heavy (non-hydrogen) atoms. The molecule has 3 heteroatoms. The smallest absolute Gasteiger partial charge is 0.0236 e. The van der Waals surface area contributed by atoms with E-state index in [4.69, 9.17) is 0 Å². The molecule has 0 amide bonds. The van der Waals surface area contributed by atoms with Crippen molar-refractivity contribution in [3.63, 3.8) is 0 Å². The zero-order chi connectivity index (χ0) is 13.2. The highest BCUT2D eigenvalue weighted by Crippen LogP contribution is 2.32. The number of nitrogens with one attached hydrogen (secondary N) is 1. The molecule has 2 unspecified atom stereocenters. The van der Waals surface area contributed by atoms with Crippen LogP contribution in [0, 0.1) is 5.92 Å². The summed E-state index contributed by atoms with van der Waals surface area (Å²) in [5.74, 6) is 1.02. The van der Waals surface area contributed by atoms with Gasteiger partial charge >= 0.3 is 0 Å². The van der Waals surface area contributed by atoms with E-state index in [1.165, 1.54) is 64.8 Å². The summed E-state index contributed by atoms with van der Waals surface area (Å²) in [5, 5.41) is 3.68. The van der Waals surface area contributed by atoms with Crippen LogP contribution in [0.1, 0.15) is 46.0 Å². The Morgan fingerprint density at radius 1 is 1.16 bits per heavy atom. The zero-order valence-corrected chi connectivity index (χ0v) is 12.8. The van der Waals surface area contributed by atoms with E-state index < -0.39 is 0 Å². The fourth-order valence-electron chi connectivity index (χ4n) is 3.74. The molecule has 0 bridgehead atoms. The van der Waals surface area contributed by atoms with Crippen molar-refractivity contribution in [3.05, 3.63) is 0 Å². The molecule has 3 nitrogen and oxygen atoms in total. The molecule has 1 N–H and O–H groups in total. The lowest BCUT2D eigenvalue weighted by atomic mass is 10.1. The van der Waals surface area contributed by atoms with E-state index >= 15 is 0 Å². The molecule has 0 radical (unpaired) electrons. The first-order valence-corrected chi connectivity index (χ1v) is 8.44. The third kappa shape index (κ3) is 3.71. The summed E-state index contributed by atoms with van der Waals surface area (Å²) in [6.45, 7) is 11.2. The van der Waals surface area contributed by atoms with Crippen LogP contribution in [0.15, 0.2) is 0 Å². The fraction of sp³-hybridized carbons (Fsp3) is 1.00. The van der Waals surface area contributed by atoms with E-state index in [9.17, 15) is 0 Å². The molecular formula is C16H31N3. The van der Waals surface area contributed by atoms with Crippen molar-refractivity contribution in [2.45, 2.75) is 64.1 Å². The Balaban J connectivity index is 1.55. The van der Waals surface area contributed by atoms with Crippen molar-refractivity contribution in [1.82, 2.24) is 15.1 Å². The van der Waals surface area contributed by atoms with Gasteiger partial charge in [0.1, 0.15) is 0 Å². The Labute approximate surface area is 118 Å². The van der Waals surface area contributed by atoms with Gasteiger partial charge in [0.25, 0.3) is 0 Å². The number of hydrogen-bond donors (Lipinski definition) is 1. The molecule has 1 saturated carbocycles. The third-order valence-corrected chi connectivity index (χ3v) is 5.25.